The lowest BCUT2D eigenvalue weighted by molar-refractivity contribution is -0.120. The summed E-state index contributed by atoms with van der Waals surface area (Å²) in [6.45, 7) is 0. The predicted octanol–water partition coefficient (Wildman–Crippen LogP) is 5.32. The highest BCUT2D eigenvalue weighted by Crippen LogP contribution is 2.38. The summed E-state index contributed by atoms with van der Waals surface area (Å²) in [5, 5.41) is 6.83. The molecule has 4 aromatic rings. The summed E-state index contributed by atoms with van der Waals surface area (Å²) in [4.78, 5) is 29.3. The van der Waals surface area contributed by atoms with Gasteiger partial charge in [0.15, 0.2) is 0 Å². The molecule has 0 saturated carbocycles. The van der Waals surface area contributed by atoms with Crippen LogP contribution in [0.4, 0.5) is 11.4 Å². The molecule has 1 aromatic heterocycles. The lowest BCUT2D eigenvalue weighted by Crippen LogP contribution is -2.32. The van der Waals surface area contributed by atoms with Crippen molar-refractivity contribution < 1.29 is 19.1 Å². The summed E-state index contributed by atoms with van der Waals surface area (Å²) in [7, 11) is 3.11. The van der Waals surface area contributed by atoms with Gasteiger partial charge in [-0.15, -0.1) is 11.3 Å². The van der Waals surface area contributed by atoms with E-state index in [-0.39, 0.29) is 11.6 Å². The summed E-state index contributed by atoms with van der Waals surface area (Å²) in [5.41, 5.74) is 1.68. The number of thiophene rings is 1. The molecule has 7 heteroatoms. The Labute approximate surface area is 194 Å². The molecule has 1 aliphatic heterocycles. The number of hydrogen-bond acceptors (Lipinski definition) is 6. The molecule has 3 aromatic carbocycles. The van der Waals surface area contributed by atoms with E-state index >= 15 is 0 Å². The average molecular weight is 457 g/mol. The summed E-state index contributed by atoms with van der Waals surface area (Å²) in [6.07, 6.45) is 0. The van der Waals surface area contributed by atoms with E-state index in [9.17, 15) is 9.59 Å². The van der Waals surface area contributed by atoms with Crippen LogP contribution in [0.1, 0.15) is 4.88 Å². The van der Waals surface area contributed by atoms with E-state index in [1.54, 1.807) is 38.5 Å². The van der Waals surface area contributed by atoms with Crippen LogP contribution in [-0.4, -0.2) is 26.0 Å². The van der Waals surface area contributed by atoms with Gasteiger partial charge in [0.05, 0.1) is 25.5 Å². The molecular formula is C26H20N2O4S. The van der Waals surface area contributed by atoms with E-state index in [0.717, 1.165) is 10.8 Å². The van der Waals surface area contributed by atoms with Crippen molar-refractivity contribution in [3.8, 4) is 11.5 Å². The number of nitrogens with one attached hydrogen (secondary N) is 1. The van der Waals surface area contributed by atoms with Crippen LogP contribution in [0.2, 0.25) is 0 Å². The number of benzene rings is 3. The molecule has 164 valence electrons. The van der Waals surface area contributed by atoms with Crippen molar-refractivity contribution in [3.05, 3.63) is 88.8 Å². The fourth-order valence-corrected chi connectivity index (χ4v) is 4.71. The fourth-order valence-electron chi connectivity index (χ4n) is 3.94. The number of amides is 2. The van der Waals surface area contributed by atoms with Crippen molar-refractivity contribution in [1.29, 1.82) is 0 Å². The molecule has 0 atom stereocenters. The Kier molecular flexibility index (Phi) is 5.32. The fraction of sp³-hybridized carbons (Fsp3) is 0.0769. The highest BCUT2D eigenvalue weighted by atomic mass is 32.1. The van der Waals surface area contributed by atoms with Gasteiger partial charge in [0.2, 0.25) is 0 Å². The molecule has 1 N–H and O–H groups in total. The van der Waals surface area contributed by atoms with Crippen LogP contribution in [0, 0.1) is 0 Å². The zero-order chi connectivity index (χ0) is 22.9. The number of anilines is 2. The zero-order valence-corrected chi connectivity index (χ0v) is 18.8. The van der Waals surface area contributed by atoms with Crippen LogP contribution in [0.25, 0.3) is 16.3 Å². The lowest BCUT2D eigenvalue weighted by Gasteiger charge is -2.18. The number of methoxy groups -OCH3 is 2. The van der Waals surface area contributed by atoms with Gasteiger partial charge in [-0.2, -0.15) is 0 Å². The van der Waals surface area contributed by atoms with Crippen molar-refractivity contribution in [2.75, 3.05) is 24.4 Å². The topological polar surface area (TPSA) is 67.9 Å². The second-order valence-corrected chi connectivity index (χ2v) is 8.35. The molecule has 0 spiro atoms. The quantitative estimate of drug-likeness (QED) is 0.398. The Bertz CT molecular complexity index is 1380. The first-order valence-corrected chi connectivity index (χ1v) is 11.1. The Morgan fingerprint density at radius 2 is 1.55 bits per heavy atom. The minimum atomic E-state index is -0.415. The van der Waals surface area contributed by atoms with Crippen LogP contribution < -0.4 is 19.7 Å². The molecule has 5 rings (SSSR count). The molecule has 0 bridgehead atoms. The van der Waals surface area contributed by atoms with Gasteiger partial charge in [0.1, 0.15) is 17.2 Å². The number of fused-ring (bicyclic) bond motifs is 1. The maximum absolute atomic E-state index is 13.7. The minimum absolute atomic E-state index is 0.214. The van der Waals surface area contributed by atoms with Gasteiger partial charge in [-0.3, -0.25) is 9.59 Å². The third-order valence-electron chi connectivity index (χ3n) is 5.48. The Morgan fingerprint density at radius 1 is 0.818 bits per heavy atom. The van der Waals surface area contributed by atoms with Crippen LogP contribution in [0.3, 0.4) is 0 Å². The number of ether oxygens (including phenoxy) is 2. The predicted molar refractivity (Wildman–Crippen MR) is 131 cm³/mol. The third kappa shape index (κ3) is 3.62. The van der Waals surface area contributed by atoms with Gasteiger partial charge in [0, 0.05) is 34.1 Å². The van der Waals surface area contributed by atoms with E-state index in [2.05, 4.69) is 5.32 Å². The molecule has 6 nitrogen and oxygen atoms in total. The summed E-state index contributed by atoms with van der Waals surface area (Å²) >= 11 is 1.41. The largest absolute Gasteiger partial charge is 0.497 e. The molecule has 33 heavy (non-hydrogen) atoms. The summed E-state index contributed by atoms with van der Waals surface area (Å²) < 4.78 is 10.7. The summed E-state index contributed by atoms with van der Waals surface area (Å²) in [5.74, 6) is 0.355. The maximum Gasteiger partial charge on any atom is 0.282 e. The number of carbonyl (C=O) groups is 2. The van der Waals surface area contributed by atoms with Crippen LogP contribution in [-0.2, 0) is 9.59 Å². The van der Waals surface area contributed by atoms with E-state index in [0.29, 0.717) is 33.3 Å². The standard InChI is InChI=1S/C26H20N2O4S/c1-31-18-13-17(14-19(15-18)32-2)27-24-23(22-11-6-12-33-22)25(29)28(26(24)30)21-10-5-8-16-7-3-4-9-20(16)21/h3-15,27H,1-2H3. The maximum atomic E-state index is 13.7. The van der Waals surface area contributed by atoms with Crippen LogP contribution in [0.5, 0.6) is 11.5 Å². The van der Waals surface area contributed by atoms with Crippen molar-refractivity contribution >= 4 is 50.9 Å². The second kappa shape index (κ2) is 8.44. The SMILES string of the molecule is COc1cc(NC2=C(c3cccs3)C(=O)N(c3cccc4ccccc34)C2=O)cc(OC)c1. The lowest BCUT2D eigenvalue weighted by atomic mass is 10.1. The van der Waals surface area contributed by atoms with Gasteiger partial charge >= 0.3 is 0 Å². The van der Waals surface area contributed by atoms with Gasteiger partial charge < -0.3 is 14.8 Å². The Balaban J connectivity index is 1.64. The van der Waals surface area contributed by atoms with E-state index in [1.165, 1.54) is 16.2 Å². The summed E-state index contributed by atoms with van der Waals surface area (Å²) in [6, 6.07) is 22.2. The van der Waals surface area contributed by atoms with Crippen molar-refractivity contribution in [3.63, 3.8) is 0 Å². The normalized spacial score (nSPS) is 13.7. The number of carbonyl (C=O) groups excluding carboxylic acids is 2. The van der Waals surface area contributed by atoms with Crippen molar-refractivity contribution in [2.24, 2.45) is 0 Å². The highest BCUT2D eigenvalue weighted by molar-refractivity contribution is 7.11. The Morgan fingerprint density at radius 3 is 2.24 bits per heavy atom. The molecule has 2 amide bonds. The van der Waals surface area contributed by atoms with Gasteiger partial charge in [-0.05, 0) is 22.9 Å². The van der Waals surface area contributed by atoms with E-state index < -0.39 is 5.91 Å². The number of rotatable bonds is 6. The minimum Gasteiger partial charge on any atom is -0.497 e. The van der Waals surface area contributed by atoms with E-state index in [1.807, 2.05) is 53.9 Å². The van der Waals surface area contributed by atoms with E-state index in [4.69, 9.17) is 9.47 Å². The molecule has 0 saturated heterocycles. The first-order chi connectivity index (χ1) is 16.1. The number of hydrogen-bond donors (Lipinski definition) is 1. The van der Waals surface area contributed by atoms with Crippen molar-refractivity contribution in [1.82, 2.24) is 0 Å². The zero-order valence-electron chi connectivity index (χ0n) is 18.0. The third-order valence-corrected chi connectivity index (χ3v) is 6.37. The molecule has 0 unspecified atom stereocenters. The molecule has 0 fully saturated rings. The first kappa shape index (κ1) is 20.8. The van der Waals surface area contributed by atoms with Crippen molar-refractivity contribution in [2.45, 2.75) is 0 Å². The van der Waals surface area contributed by atoms with Gasteiger partial charge in [-0.25, -0.2) is 4.90 Å². The smallest absolute Gasteiger partial charge is 0.282 e. The average Bonchev–Trinajstić information content (AvgIpc) is 3.45. The molecule has 2 heterocycles. The monoisotopic (exact) mass is 456 g/mol. The molecule has 1 aliphatic rings. The highest BCUT2D eigenvalue weighted by Gasteiger charge is 2.41. The van der Waals surface area contributed by atoms with Crippen LogP contribution >= 0.6 is 11.3 Å². The van der Waals surface area contributed by atoms with Gasteiger partial charge in [-0.1, -0.05) is 42.5 Å². The Hall–Kier alpha value is -4.10. The second-order valence-electron chi connectivity index (χ2n) is 7.40. The molecule has 0 aliphatic carbocycles. The molecular weight excluding hydrogens is 436 g/mol. The molecule has 0 radical (unpaired) electrons. The van der Waals surface area contributed by atoms with Crippen LogP contribution in [0.15, 0.2) is 83.9 Å². The van der Waals surface area contributed by atoms with Gasteiger partial charge in [0.25, 0.3) is 11.8 Å². The number of nitrogens with zero attached hydrogens (tertiary/aromatic N) is 1. The first-order valence-electron chi connectivity index (χ1n) is 10.3. The number of imide groups is 1.